The Morgan fingerprint density at radius 3 is 2.32 bits per heavy atom. The molecule has 1 atom stereocenters. The number of rotatable bonds is 4. The maximum absolute atomic E-state index is 11.1. The van der Waals surface area contributed by atoms with Crippen LogP contribution in [-0.4, -0.2) is 11.1 Å². The normalized spacial score (nSPS) is 24.7. The summed E-state index contributed by atoms with van der Waals surface area (Å²) in [6, 6.07) is 8.74. The molecule has 0 spiro atoms. The van der Waals surface area contributed by atoms with Gasteiger partial charge in [-0.15, -0.1) is 6.58 Å². The summed E-state index contributed by atoms with van der Waals surface area (Å²) in [5, 5.41) is 9.17. The molecule has 0 bridgehead atoms. The van der Waals surface area contributed by atoms with Crippen molar-refractivity contribution in [1.29, 1.82) is 0 Å². The van der Waals surface area contributed by atoms with E-state index >= 15 is 0 Å². The molecular weight excluding hydrogens is 236 g/mol. The van der Waals surface area contributed by atoms with Gasteiger partial charge in [-0.05, 0) is 50.0 Å². The van der Waals surface area contributed by atoms with Crippen LogP contribution in [0.2, 0.25) is 0 Å². The molecule has 2 nitrogen and oxygen atoms in total. The van der Waals surface area contributed by atoms with E-state index in [0.29, 0.717) is 5.92 Å². The molecule has 0 aromatic heterocycles. The summed E-state index contributed by atoms with van der Waals surface area (Å²) < 4.78 is 0. The van der Waals surface area contributed by atoms with E-state index in [4.69, 9.17) is 5.11 Å². The van der Waals surface area contributed by atoms with Crippen LogP contribution in [0.5, 0.6) is 0 Å². The molecule has 0 aliphatic heterocycles. The van der Waals surface area contributed by atoms with Crippen LogP contribution in [0.4, 0.5) is 0 Å². The van der Waals surface area contributed by atoms with E-state index in [-0.39, 0.29) is 11.8 Å². The summed E-state index contributed by atoms with van der Waals surface area (Å²) in [5.74, 6) is -0.249. The van der Waals surface area contributed by atoms with Crippen molar-refractivity contribution in [2.24, 2.45) is 11.8 Å². The van der Waals surface area contributed by atoms with Crippen LogP contribution in [0.1, 0.15) is 42.7 Å². The molecule has 2 rings (SSSR count). The molecule has 1 aromatic rings. The molecule has 1 aromatic carbocycles. The van der Waals surface area contributed by atoms with Gasteiger partial charge in [0.2, 0.25) is 0 Å². The SMILES string of the molecule is C=CC(C(=O)O)[C@H]1CC[C@H](c2ccc(C)cc2)CC1. The Hall–Kier alpha value is -1.57. The summed E-state index contributed by atoms with van der Waals surface area (Å²) >= 11 is 0. The second-order valence-electron chi connectivity index (χ2n) is 5.62. The second kappa shape index (κ2) is 6.05. The Labute approximate surface area is 115 Å². The van der Waals surface area contributed by atoms with Gasteiger partial charge in [-0.1, -0.05) is 35.9 Å². The van der Waals surface area contributed by atoms with Gasteiger partial charge in [0, 0.05) is 0 Å². The summed E-state index contributed by atoms with van der Waals surface area (Å²) in [4.78, 5) is 11.1. The van der Waals surface area contributed by atoms with Crippen molar-refractivity contribution in [1.82, 2.24) is 0 Å². The predicted molar refractivity (Wildman–Crippen MR) is 77.2 cm³/mol. The maximum Gasteiger partial charge on any atom is 0.310 e. The van der Waals surface area contributed by atoms with Gasteiger partial charge in [0.15, 0.2) is 0 Å². The highest BCUT2D eigenvalue weighted by molar-refractivity contribution is 5.72. The van der Waals surface area contributed by atoms with Crippen molar-refractivity contribution in [2.45, 2.75) is 38.5 Å². The zero-order valence-electron chi connectivity index (χ0n) is 11.5. The Balaban J connectivity index is 1.97. The number of benzene rings is 1. The minimum atomic E-state index is -0.728. The first-order chi connectivity index (χ1) is 9.11. The van der Waals surface area contributed by atoms with Crippen LogP contribution in [0, 0.1) is 18.8 Å². The van der Waals surface area contributed by atoms with Crippen LogP contribution >= 0.6 is 0 Å². The van der Waals surface area contributed by atoms with Gasteiger partial charge in [-0.25, -0.2) is 0 Å². The number of carboxylic acid groups (broad SMARTS) is 1. The van der Waals surface area contributed by atoms with Gasteiger partial charge in [-0.2, -0.15) is 0 Å². The van der Waals surface area contributed by atoms with E-state index in [1.165, 1.54) is 11.1 Å². The quantitative estimate of drug-likeness (QED) is 0.823. The molecule has 1 aliphatic carbocycles. The molecule has 19 heavy (non-hydrogen) atoms. The fourth-order valence-corrected chi connectivity index (χ4v) is 3.15. The van der Waals surface area contributed by atoms with Crippen LogP contribution in [0.15, 0.2) is 36.9 Å². The van der Waals surface area contributed by atoms with Crippen molar-refractivity contribution < 1.29 is 9.90 Å². The highest BCUT2D eigenvalue weighted by Crippen LogP contribution is 2.39. The summed E-state index contributed by atoms with van der Waals surface area (Å²) in [5.41, 5.74) is 2.68. The lowest BCUT2D eigenvalue weighted by molar-refractivity contribution is -0.142. The molecule has 0 heterocycles. The molecule has 1 unspecified atom stereocenters. The Morgan fingerprint density at radius 1 is 1.26 bits per heavy atom. The number of hydrogen-bond acceptors (Lipinski definition) is 1. The minimum Gasteiger partial charge on any atom is -0.481 e. The van der Waals surface area contributed by atoms with E-state index in [9.17, 15) is 4.79 Å². The summed E-state index contributed by atoms with van der Waals surface area (Å²) in [6.07, 6.45) is 5.75. The van der Waals surface area contributed by atoms with Crippen LogP contribution in [-0.2, 0) is 4.79 Å². The van der Waals surface area contributed by atoms with Crippen molar-refractivity contribution in [3.63, 3.8) is 0 Å². The largest absolute Gasteiger partial charge is 0.481 e. The van der Waals surface area contributed by atoms with Crippen molar-refractivity contribution >= 4 is 5.97 Å². The number of carboxylic acids is 1. The van der Waals surface area contributed by atoms with E-state index in [1.807, 2.05) is 0 Å². The van der Waals surface area contributed by atoms with Crippen LogP contribution in [0.3, 0.4) is 0 Å². The molecule has 0 saturated heterocycles. The Morgan fingerprint density at radius 2 is 1.84 bits per heavy atom. The fourth-order valence-electron chi connectivity index (χ4n) is 3.15. The average molecular weight is 258 g/mol. The van der Waals surface area contributed by atoms with Crippen molar-refractivity contribution in [3.8, 4) is 0 Å². The second-order valence-corrected chi connectivity index (χ2v) is 5.62. The van der Waals surface area contributed by atoms with E-state index < -0.39 is 5.97 Å². The first-order valence-electron chi connectivity index (χ1n) is 7.03. The van der Waals surface area contributed by atoms with E-state index in [0.717, 1.165) is 25.7 Å². The third kappa shape index (κ3) is 3.25. The predicted octanol–water partition coefficient (Wildman–Crippen LogP) is 4.16. The summed E-state index contributed by atoms with van der Waals surface area (Å²) in [6.45, 7) is 5.76. The number of aliphatic carboxylic acids is 1. The van der Waals surface area contributed by atoms with Gasteiger partial charge in [0.1, 0.15) is 0 Å². The molecule has 1 saturated carbocycles. The zero-order chi connectivity index (χ0) is 13.8. The lowest BCUT2D eigenvalue weighted by atomic mass is 9.74. The first kappa shape index (κ1) is 13.9. The third-order valence-electron chi connectivity index (χ3n) is 4.37. The standard InChI is InChI=1S/C17H22O2/c1-3-16(17(18)19)15-10-8-14(9-11-15)13-6-4-12(2)5-7-13/h3-7,14-16H,1,8-11H2,2H3,(H,18,19)/t14-,15-,16?. The Kier molecular flexibility index (Phi) is 4.41. The molecule has 1 fully saturated rings. The Bertz CT molecular complexity index is 439. The van der Waals surface area contributed by atoms with Gasteiger partial charge in [0.05, 0.1) is 5.92 Å². The lowest BCUT2D eigenvalue weighted by Crippen LogP contribution is -2.25. The number of carbonyl (C=O) groups is 1. The molecule has 2 heteroatoms. The molecule has 1 aliphatic rings. The third-order valence-corrected chi connectivity index (χ3v) is 4.37. The maximum atomic E-state index is 11.1. The van der Waals surface area contributed by atoms with Crippen molar-refractivity contribution in [2.75, 3.05) is 0 Å². The minimum absolute atomic E-state index is 0.261. The first-order valence-corrected chi connectivity index (χ1v) is 7.03. The molecule has 1 N–H and O–H groups in total. The zero-order valence-corrected chi connectivity index (χ0v) is 11.5. The van der Waals surface area contributed by atoms with Gasteiger partial charge in [-0.3, -0.25) is 4.79 Å². The van der Waals surface area contributed by atoms with E-state index in [2.05, 4.69) is 37.8 Å². The molecular formula is C17H22O2. The van der Waals surface area contributed by atoms with Crippen molar-refractivity contribution in [3.05, 3.63) is 48.0 Å². The smallest absolute Gasteiger partial charge is 0.310 e. The number of aryl methyl sites for hydroxylation is 1. The molecule has 102 valence electrons. The van der Waals surface area contributed by atoms with Gasteiger partial charge >= 0.3 is 5.97 Å². The number of hydrogen-bond donors (Lipinski definition) is 1. The lowest BCUT2D eigenvalue weighted by Gasteiger charge is -2.31. The molecule has 0 radical (unpaired) electrons. The van der Waals surface area contributed by atoms with E-state index in [1.54, 1.807) is 6.08 Å². The molecule has 0 amide bonds. The highest BCUT2D eigenvalue weighted by atomic mass is 16.4. The fraction of sp³-hybridized carbons (Fsp3) is 0.471. The van der Waals surface area contributed by atoms with Crippen LogP contribution in [0.25, 0.3) is 0 Å². The monoisotopic (exact) mass is 258 g/mol. The summed E-state index contributed by atoms with van der Waals surface area (Å²) in [7, 11) is 0. The topological polar surface area (TPSA) is 37.3 Å². The average Bonchev–Trinajstić information content (AvgIpc) is 2.41. The highest BCUT2D eigenvalue weighted by Gasteiger charge is 2.30. The van der Waals surface area contributed by atoms with Crippen LogP contribution < -0.4 is 0 Å². The van der Waals surface area contributed by atoms with Gasteiger partial charge in [0.25, 0.3) is 0 Å². The van der Waals surface area contributed by atoms with Gasteiger partial charge < -0.3 is 5.11 Å².